The van der Waals surface area contributed by atoms with E-state index in [-0.39, 0.29) is 4.70 Å². The zero-order valence-electron chi connectivity index (χ0n) is 9.42. The lowest BCUT2D eigenvalue weighted by Gasteiger charge is -2.36. The van der Waals surface area contributed by atoms with Gasteiger partial charge in [0.25, 0.3) is 0 Å². The summed E-state index contributed by atoms with van der Waals surface area (Å²) in [6.45, 7) is 12.0. The summed E-state index contributed by atoms with van der Waals surface area (Å²) in [5, 5.41) is 0. The second-order valence-electron chi connectivity index (χ2n) is 4.71. The first kappa shape index (κ1) is 12.9. The van der Waals surface area contributed by atoms with Crippen LogP contribution in [0.15, 0.2) is 0 Å². The van der Waals surface area contributed by atoms with Crippen molar-refractivity contribution in [3.8, 4) is 0 Å². The van der Waals surface area contributed by atoms with Crippen LogP contribution in [0.2, 0.25) is 0 Å². The highest BCUT2D eigenvalue weighted by atomic mass is 19.0. The minimum absolute atomic E-state index is 0. The Labute approximate surface area is 81.9 Å². The minimum Gasteiger partial charge on any atom is -0.301 e. The monoisotopic (exact) mass is 189 g/mol. The van der Waals surface area contributed by atoms with E-state index in [9.17, 15) is 0 Å². The second-order valence-corrected chi connectivity index (χ2v) is 4.71. The lowest BCUT2D eigenvalue weighted by atomic mass is 9.86. The Morgan fingerprint density at radius 1 is 1.00 bits per heavy atom. The van der Waals surface area contributed by atoms with Crippen LogP contribution in [0.25, 0.3) is 0 Å². The fourth-order valence-corrected chi connectivity index (χ4v) is 2.10. The largest absolute Gasteiger partial charge is 0.301 e. The van der Waals surface area contributed by atoms with Gasteiger partial charge in [-0.1, -0.05) is 13.8 Å². The Morgan fingerprint density at radius 2 is 1.46 bits per heavy atom. The van der Waals surface area contributed by atoms with Gasteiger partial charge in [0.2, 0.25) is 0 Å². The lowest BCUT2D eigenvalue weighted by molar-refractivity contribution is 0.129. The molecule has 1 rings (SSSR count). The molecule has 0 bridgehead atoms. The van der Waals surface area contributed by atoms with Crippen LogP contribution in [0.1, 0.15) is 40.5 Å². The summed E-state index contributed by atoms with van der Waals surface area (Å²) in [5.41, 5.74) is 0. The number of hydrogen-bond acceptors (Lipinski definition) is 1. The molecule has 0 aromatic carbocycles. The molecular weight excluding hydrogens is 165 g/mol. The predicted octanol–water partition coefficient (Wildman–Crippen LogP) is 2.92. The third-order valence-corrected chi connectivity index (χ3v) is 3.25. The van der Waals surface area contributed by atoms with Crippen molar-refractivity contribution in [3.63, 3.8) is 0 Å². The summed E-state index contributed by atoms with van der Waals surface area (Å²) < 4.78 is 0. The summed E-state index contributed by atoms with van der Waals surface area (Å²) in [5.74, 6) is 1.87. The van der Waals surface area contributed by atoms with Gasteiger partial charge in [-0.25, -0.2) is 0 Å². The highest BCUT2D eigenvalue weighted by molar-refractivity contribution is 4.75. The first-order chi connectivity index (χ1) is 5.61. The van der Waals surface area contributed by atoms with Crippen LogP contribution < -0.4 is 0 Å². The third-order valence-electron chi connectivity index (χ3n) is 3.25. The zero-order valence-corrected chi connectivity index (χ0v) is 9.42. The van der Waals surface area contributed by atoms with Gasteiger partial charge in [-0.15, -0.1) is 0 Å². The second kappa shape index (κ2) is 5.58. The van der Waals surface area contributed by atoms with Crippen molar-refractivity contribution in [1.82, 2.24) is 4.90 Å². The van der Waals surface area contributed by atoms with Crippen molar-refractivity contribution in [3.05, 3.63) is 0 Å². The molecule has 2 heteroatoms. The van der Waals surface area contributed by atoms with Crippen molar-refractivity contribution in [2.75, 3.05) is 13.1 Å². The first-order valence-corrected chi connectivity index (χ1v) is 5.35. The Balaban J connectivity index is 0.00000144. The van der Waals surface area contributed by atoms with E-state index in [1.165, 1.54) is 25.9 Å². The van der Waals surface area contributed by atoms with E-state index in [0.717, 1.165) is 17.9 Å². The SMILES string of the molecule is CC(C)C1CCN(C(C)C)CC1.F. The molecule has 0 N–H and O–H groups in total. The van der Waals surface area contributed by atoms with Crippen molar-refractivity contribution >= 4 is 0 Å². The topological polar surface area (TPSA) is 3.24 Å². The molecule has 0 aliphatic carbocycles. The Morgan fingerprint density at radius 3 is 1.77 bits per heavy atom. The van der Waals surface area contributed by atoms with Crippen LogP contribution in [-0.4, -0.2) is 24.0 Å². The molecule has 1 heterocycles. The smallest absolute Gasteiger partial charge is 0.00385 e. The average molecular weight is 189 g/mol. The van der Waals surface area contributed by atoms with Gasteiger partial charge in [-0.05, 0) is 51.6 Å². The van der Waals surface area contributed by atoms with E-state index in [4.69, 9.17) is 0 Å². The van der Waals surface area contributed by atoms with Gasteiger partial charge in [-0.2, -0.15) is 0 Å². The van der Waals surface area contributed by atoms with E-state index in [0.29, 0.717) is 0 Å². The first-order valence-electron chi connectivity index (χ1n) is 5.35. The number of piperidine rings is 1. The maximum Gasteiger partial charge on any atom is 0.00385 e. The minimum atomic E-state index is 0. The van der Waals surface area contributed by atoms with E-state index in [2.05, 4.69) is 32.6 Å². The molecule has 0 unspecified atom stereocenters. The van der Waals surface area contributed by atoms with Crippen molar-refractivity contribution in [2.24, 2.45) is 11.8 Å². The molecular formula is C11H24FN. The Bertz CT molecular complexity index is 110. The van der Waals surface area contributed by atoms with Crippen molar-refractivity contribution in [1.29, 1.82) is 0 Å². The van der Waals surface area contributed by atoms with Crippen LogP contribution in [0.3, 0.4) is 0 Å². The predicted molar refractivity (Wildman–Crippen MR) is 56.8 cm³/mol. The molecule has 1 aliphatic rings. The van der Waals surface area contributed by atoms with Crippen LogP contribution in [-0.2, 0) is 0 Å². The van der Waals surface area contributed by atoms with Gasteiger partial charge >= 0.3 is 0 Å². The fraction of sp³-hybridized carbons (Fsp3) is 1.00. The van der Waals surface area contributed by atoms with Crippen LogP contribution in [0, 0.1) is 11.8 Å². The summed E-state index contributed by atoms with van der Waals surface area (Å²) >= 11 is 0. The lowest BCUT2D eigenvalue weighted by Crippen LogP contribution is -2.39. The van der Waals surface area contributed by atoms with E-state index in [1.54, 1.807) is 0 Å². The molecule has 1 aliphatic heterocycles. The number of nitrogens with zero attached hydrogens (tertiary/aromatic N) is 1. The molecule has 0 saturated carbocycles. The fourth-order valence-electron chi connectivity index (χ4n) is 2.10. The van der Waals surface area contributed by atoms with Gasteiger partial charge in [0.15, 0.2) is 0 Å². The Kier molecular flexibility index (Phi) is 5.54. The van der Waals surface area contributed by atoms with Crippen LogP contribution >= 0.6 is 0 Å². The zero-order chi connectivity index (χ0) is 9.14. The molecule has 1 fully saturated rings. The summed E-state index contributed by atoms with van der Waals surface area (Å²) in [4.78, 5) is 2.60. The summed E-state index contributed by atoms with van der Waals surface area (Å²) in [6.07, 6.45) is 2.83. The normalized spacial score (nSPS) is 20.8. The van der Waals surface area contributed by atoms with Crippen molar-refractivity contribution < 1.29 is 4.70 Å². The maximum absolute atomic E-state index is 2.60. The standard InChI is InChI=1S/C11H23N.FH/c1-9(2)11-5-7-12(8-6-11)10(3)4;/h9-11H,5-8H2,1-4H3;1H. The van der Waals surface area contributed by atoms with E-state index < -0.39 is 0 Å². The van der Waals surface area contributed by atoms with Gasteiger partial charge in [0.05, 0.1) is 0 Å². The molecule has 0 spiro atoms. The average Bonchev–Trinajstić information content (AvgIpc) is 2.04. The molecule has 80 valence electrons. The number of rotatable bonds is 2. The van der Waals surface area contributed by atoms with E-state index in [1.807, 2.05) is 0 Å². The van der Waals surface area contributed by atoms with Crippen LogP contribution in [0.5, 0.6) is 0 Å². The Hall–Kier alpha value is -0.110. The highest BCUT2D eigenvalue weighted by Crippen LogP contribution is 2.25. The quantitative estimate of drug-likeness (QED) is 0.645. The molecule has 13 heavy (non-hydrogen) atoms. The maximum atomic E-state index is 2.60. The number of hydrogen-bond donors (Lipinski definition) is 0. The molecule has 0 aromatic rings. The number of likely N-dealkylation sites (tertiary alicyclic amines) is 1. The highest BCUT2D eigenvalue weighted by Gasteiger charge is 2.22. The molecule has 0 aromatic heterocycles. The summed E-state index contributed by atoms with van der Waals surface area (Å²) in [6, 6.07) is 0.748. The number of halogens is 1. The third kappa shape index (κ3) is 3.63. The van der Waals surface area contributed by atoms with Gasteiger partial charge in [0, 0.05) is 6.04 Å². The van der Waals surface area contributed by atoms with Crippen LogP contribution in [0.4, 0.5) is 4.70 Å². The molecule has 0 amide bonds. The van der Waals surface area contributed by atoms with E-state index >= 15 is 0 Å². The van der Waals surface area contributed by atoms with Crippen molar-refractivity contribution in [2.45, 2.75) is 46.6 Å². The molecule has 0 radical (unpaired) electrons. The summed E-state index contributed by atoms with van der Waals surface area (Å²) in [7, 11) is 0. The van der Waals surface area contributed by atoms with Gasteiger partial charge < -0.3 is 4.90 Å². The van der Waals surface area contributed by atoms with Gasteiger partial charge in [-0.3, -0.25) is 4.70 Å². The molecule has 1 saturated heterocycles. The molecule has 0 atom stereocenters. The van der Waals surface area contributed by atoms with Gasteiger partial charge in [0.1, 0.15) is 0 Å². The molecule has 1 nitrogen and oxygen atoms in total.